The summed E-state index contributed by atoms with van der Waals surface area (Å²) in [6, 6.07) is 31.7. The van der Waals surface area contributed by atoms with Gasteiger partial charge in [0, 0.05) is 18.3 Å². The number of phenols is 3. The van der Waals surface area contributed by atoms with Crippen molar-refractivity contribution >= 4 is 11.8 Å². The van der Waals surface area contributed by atoms with Gasteiger partial charge >= 0.3 is 0 Å². The minimum Gasteiger partial charge on any atom is -0.508 e. The molecule has 0 radical (unpaired) electrons. The summed E-state index contributed by atoms with van der Waals surface area (Å²) in [5.41, 5.74) is 10.3. The summed E-state index contributed by atoms with van der Waals surface area (Å²) in [4.78, 5) is 4.26. The maximum Gasteiger partial charge on any atom is 0.157 e. The first kappa shape index (κ1) is 48.6. The third-order valence-corrected chi connectivity index (χ3v) is 8.83. The number of allylic oxidation sites excluding steroid dienone is 4. The zero-order valence-corrected chi connectivity index (χ0v) is 37.4. The molecule has 0 spiro atoms. The molecule has 4 aromatic carbocycles. The van der Waals surface area contributed by atoms with E-state index in [2.05, 4.69) is 155 Å². The van der Waals surface area contributed by atoms with Crippen LogP contribution in [0, 0.1) is 28.6 Å². The average molecular weight is 774 g/mol. The van der Waals surface area contributed by atoms with Crippen LogP contribution in [-0.2, 0) is 25.7 Å². The maximum atomic E-state index is 9.16. The van der Waals surface area contributed by atoms with Gasteiger partial charge < -0.3 is 15.3 Å². The Balaban J connectivity index is 0.000000247. The van der Waals surface area contributed by atoms with E-state index in [9.17, 15) is 0 Å². The Labute approximate surface area is 347 Å². The molecule has 2 aliphatic rings. The second-order valence-corrected chi connectivity index (χ2v) is 19.1. The topological polar surface area (TPSA) is 73.1 Å². The van der Waals surface area contributed by atoms with Gasteiger partial charge in [0.15, 0.2) is 11.5 Å². The predicted molar refractivity (Wildman–Crippen MR) is 247 cm³/mol. The van der Waals surface area contributed by atoms with Crippen molar-refractivity contribution in [3.8, 4) is 17.2 Å². The summed E-state index contributed by atoms with van der Waals surface area (Å²) in [6.45, 7) is 26.7. The number of phenolic OH excluding ortho intramolecular Hbond substituents is 3. The van der Waals surface area contributed by atoms with Crippen molar-refractivity contribution in [3.63, 3.8) is 0 Å². The largest absolute Gasteiger partial charge is 0.508 e. The molecule has 6 rings (SSSR count). The molecule has 0 fully saturated rings. The summed E-state index contributed by atoms with van der Waals surface area (Å²) >= 11 is 0. The van der Waals surface area contributed by atoms with Crippen LogP contribution in [0.1, 0.15) is 130 Å². The minimum atomic E-state index is -0.0532. The molecule has 0 unspecified atom stereocenters. The second-order valence-electron chi connectivity index (χ2n) is 19.1. The van der Waals surface area contributed by atoms with Crippen LogP contribution >= 0.6 is 0 Å². The molecule has 0 bridgehead atoms. The number of aromatic hydroxyl groups is 3. The van der Waals surface area contributed by atoms with Crippen LogP contribution in [-0.4, -0.2) is 21.5 Å². The van der Waals surface area contributed by atoms with Crippen molar-refractivity contribution in [2.45, 2.75) is 128 Å². The van der Waals surface area contributed by atoms with E-state index in [1.807, 2.05) is 24.4 Å². The van der Waals surface area contributed by atoms with Gasteiger partial charge in [0.1, 0.15) is 5.75 Å². The summed E-state index contributed by atoms with van der Waals surface area (Å²) in [7, 11) is 0. The number of hydrogen-bond acceptors (Lipinski definition) is 4. The highest BCUT2D eigenvalue weighted by Crippen LogP contribution is 2.36. The normalized spacial score (nSPS) is 12.9. The van der Waals surface area contributed by atoms with Gasteiger partial charge in [-0.2, -0.15) is 0 Å². The standard InChI is InChI=1S/C14H18.C10H14O2.C10H14O.C10H14.C9H15N/c1-14(2,3)10-12-9-8-11-6-4-5-7-13(11)12;1-7(2)5-8-3-4-9(11)10(12)6-8;1-8(2)7-9-3-5-10(11)6-4-9;1-9(2)8-10-6-4-3-5-7-10;1-9(2,3)7-8-5-4-6-10-8/h4-7,9H,8,10H2,1-3H3;3-4,6-7,11-12H,5H2,1-2H3;3-6,8,11H,7H2,1-2H3;3-7,9H,8H2,1-2H3;5-6H,4,7H2,1-3H3. The zero-order chi connectivity index (χ0) is 42.6. The molecule has 0 atom stereocenters. The molecule has 1 aliphatic carbocycles. The molecule has 4 heteroatoms. The predicted octanol–water partition coefficient (Wildman–Crippen LogP) is 14.6. The van der Waals surface area contributed by atoms with Crippen LogP contribution in [0.5, 0.6) is 17.2 Å². The number of benzene rings is 4. The smallest absolute Gasteiger partial charge is 0.157 e. The van der Waals surface area contributed by atoms with Gasteiger partial charge in [-0.25, -0.2) is 0 Å². The average Bonchev–Trinajstić information content (AvgIpc) is 3.77. The van der Waals surface area contributed by atoms with Crippen LogP contribution in [0.3, 0.4) is 0 Å². The Hall–Kier alpha value is -4.57. The second kappa shape index (κ2) is 24.3. The van der Waals surface area contributed by atoms with Gasteiger partial charge in [0.25, 0.3) is 0 Å². The number of aliphatic imine (C=N–C) groups is 1. The fourth-order valence-corrected chi connectivity index (χ4v) is 6.52. The molecule has 0 aromatic heterocycles. The van der Waals surface area contributed by atoms with E-state index in [1.54, 1.807) is 18.2 Å². The molecule has 3 N–H and O–H groups in total. The summed E-state index contributed by atoms with van der Waals surface area (Å²) in [6.07, 6.45) is 14.2. The monoisotopic (exact) mass is 774 g/mol. The lowest BCUT2D eigenvalue weighted by Gasteiger charge is -2.19. The molecular weight excluding hydrogens is 699 g/mol. The first-order valence-corrected chi connectivity index (χ1v) is 21.0. The van der Waals surface area contributed by atoms with E-state index >= 15 is 0 Å². The van der Waals surface area contributed by atoms with Crippen LogP contribution < -0.4 is 0 Å². The van der Waals surface area contributed by atoms with E-state index in [0.29, 0.717) is 28.4 Å². The molecule has 57 heavy (non-hydrogen) atoms. The van der Waals surface area contributed by atoms with E-state index in [-0.39, 0.29) is 11.5 Å². The van der Waals surface area contributed by atoms with Crippen LogP contribution in [0.25, 0.3) is 5.57 Å². The lowest BCUT2D eigenvalue weighted by molar-refractivity contribution is 0.403. The summed E-state index contributed by atoms with van der Waals surface area (Å²) in [5.74, 6) is 2.27. The molecule has 1 aliphatic heterocycles. The Morgan fingerprint density at radius 1 is 0.544 bits per heavy atom. The van der Waals surface area contributed by atoms with Crippen LogP contribution in [0.4, 0.5) is 0 Å². The van der Waals surface area contributed by atoms with Gasteiger partial charge in [-0.3, -0.25) is 4.99 Å². The van der Waals surface area contributed by atoms with Gasteiger partial charge in [-0.15, -0.1) is 0 Å². The quantitative estimate of drug-likeness (QED) is 0.156. The van der Waals surface area contributed by atoms with Crippen molar-refractivity contribution in [1.82, 2.24) is 0 Å². The SMILES string of the molecule is CC(C)(C)CC1=CCC=N1.CC(C)(C)CC1=CCc2ccccc21.CC(C)Cc1ccc(O)c(O)c1.CC(C)Cc1ccc(O)cc1.CC(C)Cc1ccccc1. The summed E-state index contributed by atoms with van der Waals surface area (Å²) < 4.78 is 0. The maximum absolute atomic E-state index is 9.16. The molecule has 4 aromatic rings. The van der Waals surface area contributed by atoms with Crippen molar-refractivity contribution in [2.24, 2.45) is 33.6 Å². The molecule has 0 amide bonds. The summed E-state index contributed by atoms with van der Waals surface area (Å²) in [5, 5.41) is 27.2. The third kappa shape index (κ3) is 22.1. The van der Waals surface area contributed by atoms with Crippen molar-refractivity contribution < 1.29 is 15.3 Å². The highest BCUT2D eigenvalue weighted by atomic mass is 16.3. The number of nitrogens with zero attached hydrogens (tertiary/aromatic N) is 1. The molecule has 310 valence electrons. The number of rotatable bonds is 8. The third-order valence-electron chi connectivity index (χ3n) is 8.83. The van der Waals surface area contributed by atoms with Gasteiger partial charge in [-0.05, 0) is 125 Å². The molecule has 0 saturated heterocycles. The van der Waals surface area contributed by atoms with E-state index in [4.69, 9.17) is 15.3 Å². The van der Waals surface area contributed by atoms with Crippen molar-refractivity contribution in [2.75, 3.05) is 0 Å². The van der Waals surface area contributed by atoms with Crippen molar-refractivity contribution in [3.05, 3.63) is 143 Å². The first-order valence-electron chi connectivity index (χ1n) is 21.0. The highest BCUT2D eigenvalue weighted by molar-refractivity contribution is 5.73. The van der Waals surface area contributed by atoms with Gasteiger partial charge in [0.05, 0.1) is 0 Å². The lowest BCUT2D eigenvalue weighted by atomic mass is 9.86. The fourth-order valence-electron chi connectivity index (χ4n) is 6.52. The zero-order valence-electron chi connectivity index (χ0n) is 37.4. The minimum absolute atomic E-state index is 0.0341. The Kier molecular flexibility index (Phi) is 20.7. The molecule has 4 nitrogen and oxygen atoms in total. The van der Waals surface area contributed by atoms with E-state index in [0.717, 1.165) is 43.6 Å². The van der Waals surface area contributed by atoms with Crippen molar-refractivity contribution in [1.29, 1.82) is 0 Å². The van der Waals surface area contributed by atoms with Crippen LogP contribution in [0.15, 0.2) is 120 Å². The van der Waals surface area contributed by atoms with Gasteiger partial charge in [0.2, 0.25) is 0 Å². The van der Waals surface area contributed by atoms with E-state index < -0.39 is 0 Å². The molecular formula is C53H75NO3. The molecule has 0 saturated carbocycles. The Morgan fingerprint density at radius 2 is 1.05 bits per heavy atom. The lowest BCUT2D eigenvalue weighted by Crippen LogP contribution is -2.05. The first-order chi connectivity index (χ1) is 26.7. The van der Waals surface area contributed by atoms with Crippen LogP contribution in [0.2, 0.25) is 0 Å². The highest BCUT2D eigenvalue weighted by Gasteiger charge is 2.19. The van der Waals surface area contributed by atoms with E-state index in [1.165, 1.54) is 52.4 Å². The fraction of sp³-hybridized carbons (Fsp3) is 0.453. The van der Waals surface area contributed by atoms with Gasteiger partial charge in [-0.1, -0.05) is 168 Å². The Morgan fingerprint density at radius 3 is 1.56 bits per heavy atom. The molecule has 1 heterocycles. The number of hydrogen-bond donors (Lipinski definition) is 3. The number of fused-ring (bicyclic) bond motifs is 1. The Bertz CT molecular complexity index is 1810.